The summed E-state index contributed by atoms with van der Waals surface area (Å²) >= 11 is 1.71. The number of nitrogens with one attached hydrogen (secondary N) is 2. The zero-order valence-corrected chi connectivity index (χ0v) is 16.1. The Labute approximate surface area is 149 Å². The second kappa shape index (κ2) is 8.81. The van der Waals surface area contributed by atoms with Gasteiger partial charge in [-0.1, -0.05) is 19.8 Å². The van der Waals surface area contributed by atoms with E-state index in [0.717, 1.165) is 13.0 Å². The Hall–Kier alpha value is -1.14. The topological polar surface area (TPSA) is 63.2 Å². The number of hydrogen-bond donors (Lipinski definition) is 2. The van der Waals surface area contributed by atoms with Crippen LogP contribution in [0.1, 0.15) is 64.3 Å². The lowest BCUT2D eigenvalue weighted by Gasteiger charge is -2.33. The molecule has 0 spiro atoms. The molecule has 1 aliphatic rings. The van der Waals surface area contributed by atoms with E-state index in [9.17, 15) is 4.79 Å². The Morgan fingerprint density at radius 2 is 2.17 bits per heavy atom. The first kappa shape index (κ1) is 19.2. The molecule has 5 nitrogen and oxygen atoms in total. The highest BCUT2D eigenvalue weighted by molar-refractivity contribution is 7.09. The number of aromatic nitrogens is 1. The van der Waals surface area contributed by atoms with E-state index in [-0.39, 0.29) is 6.09 Å². The third-order valence-electron chi connectivity index (χ3n) is 4.38. The van der Waals surface area contributed by atoms with E-state index in [1.54, 1.807) is 11.3 Å². The summed E-state index contributed by atoms with van der Waals surface area (Å²) in [5.74, 6) is 0.890. The predicted octanol–water partition coefficient (Wildman–Crippen LogP) is 3.92. The number of nitrogens with zero attached hydrogens (tertiary/aromatic N) is 1. The minimum atomic E-state index is -0.447. The molecular formula is C18H31N3O2S. The third kappa shape index (κ3) is 6.40. The van der Waals surface area contributed by atoms with Gasteiger partial charge in [0.2, 0.25) is 0 Å². The van der Waals surface area contributed by atoms with E-state index in [4.69, 9.17) is 4.74 Å². The lowest BCUT2D eigenvalue weighted by Crippen LogP contribution is -2.45. The quantitative estimate of drug-likeness (QED) is 0.813. The van der Waals surface area contributed by atoms with Crippen molar-refractivity contribution in [3.8, 4) is 0 Å². The van der Waals surface area contributed by atoms with Crippen LogP contribution in [0, 0.1) is 5.92 Å². The Bertz CT molecular complexity index is 499. The molecule has 0 aromatic carbocycles. The molecule has 1 amide bonds. The second-order valence-corrected chi connectivity index (χ2v) is 8.64. The summed E-state index contributed by atoms with van der Waals surface area (Å²) in [7, 11) is 0. The van der Waals surface area contributed by atoms with E-state index >= 15 is 0 Å². The van der Waals surface area contributed by atoms with Gasteiger partial charge in [-0.15, -0.1) is 11.3 Å². The largest absolute Gasteiger partial charge is 0.444 e. The van der Waals surface area contributed by atoms with Crippen LogP contribution < -0.4 is 10.6 Å². The number of hydrogen-bond acceptors (Lipinski definition) is 5. The zero-order chi connectivity index (χ0) is 17.6. The van der Waals surface area contributed by atoms with E-state index in [1.165, 1.54) is 24.3 Å². The summed E-state index contributed by atoms with van der Waals surface area (Å²) in [6.07, 6.45) is 6.37. The molecule has 0 saturated heterocycles. The Kier molecular flexibility index (Phi) is 7.04. The standard InChI is InChI=1S/C18H31N3O2S/c1-13(16-19-9-10-24-16)11-20-15-8-6-5-7-14(15)12-21-17(22)23-18(2,3)4/h9-10,13-15,20H,5-8,11-12H2,1-4H3,(H,21,22). The minimum Gasteiger partial charge on any atom is -0.444 e. The van der Waals surface area contributed by atoms with Gasteiger partial charge in [0.05, 0.1) is 5.01 Å². The second-order valence-electron chi connectivity index (χ2n) is 7.71. The molecule has 136 valence electrons. The van der Waals surface area contributed by atoms with Crippen LogP contribution in [0.15, 0.2) is 11.6 Å². The van der Waals surface area contributed by atoms with Crippen molar-refractivity contribution >= 4 is 17.4 Å². The molecule has 1 saturated carbocycles. The van der Waals surface area contributed by atoms with Crippen LogP contribution in [-0.2, 0) is 4.74 Å². The fraction of sp³-hybridized carbons (Fsp3) is 0.778. The number of thiazole rings is 1. The lowest BCUT2D eigenvalue weighted by molar-refractivity contribution is 0.0510. The van der Waals surface area contributed by atoms with E-state index < -0.39 is 5.60 Å². The molecule has 2 N–H and O–H groups in total. The van der Waals surface area contributed by atoms with Gasteiger partial charge in [-0.05, 0) is 39.5 Å². The van der Waals surface area contributed by atoms with E-state index in [1.807, 2.05) is 32.3 Å². The van der Waals surface area contributed by atoms with Gasteiger partial charge >= 0.3 is 6.09 Å². The van der Waals surface area contributed by atoms with Crippen molar-refractivity contribution in [1.82, 2.24) is 15.6 Å². The smallest absolute Gasteiger partial charge is 0.407 e. The molecule has 1 fully saturated rings. The summed E-state index contributed by atoms with van der Waals surface area (Å²) < 4.78 is 5.33. The van der Waals surface area contributed by atoms with Gasteiger partial charge in [0, 0.05) is 36.6 Å². The number of amides is 1. The predicted molar refractivity (Wildman–Crippen MR) is 98.5 cm³/mol. The van der Waals surface area contributed by atoms with Gasteiger partial charge in [-0.3, -0.25) is 0 Å². The SMILES string of the molecule is CC(CNC1CCCCC1CNC(=O)OC(C)(C)C)c1nccs1. The molecule has 2 rings (SSSR count). The van der Waals surface area contributed by atoms with Gasteiger partial charge in [0.1, 0.15) is 5.60 Å². The van der Waals surface area contributed by atoms with Crippen molar-refractivity contribution in [2.75, 3.05) is 13.1 Å². The third-order valence-corrected chi connectivity index (χ3v) is 5.38. The van der Waals surface area contributed by atoms with Gasteiger partial charge in [0.15, 0.2) is 0 Å². The van der Waals surface area contributed by atoms with Crippen molar-refractivity contribution < 1.29 is 9.53 Å². The Balaban J connectivity index is 1.78. The highest BCUT2D eigenvalue weighted by Gasteiger charge is 2.26. The molecule has 1 aromatic rings. The maximum atomic E-state index is 11.9. The minimum absolute atomic E-state index is 0.317. The number of rotatable bonds is 6. The molecule has 0 aliphatic heterocycles. The molecule has 1 aromatic heterocycles. The highest BCUT2D eigenvalue weighted by atomic mass is 32.1. The van der Waals surface area contributed by atoms with Crippen LogP contribution in [-0.4, -0.2) is 35.8 Å². The number of carbonyl (C=O) groups excluding carboxylic acids is 1. The molecule has 3 atom stereocenters. The molecule has 24 heavy (non-hydrogen) atoms. The molecule has 1 aliphatic carbocycles. The van der Waals surface area contributed by atoms with Crippen molar-refractivity contribution in [1.29, 1.82) is 0 Å². The highest BCUT2D eigenvalue weighted by Crippen LogP contribution is 2.25. The average Bonchev–Trinajstić information content (AvgIpc) is 3.04. The average molecular weight is 354 g/mol. The van der Waals surface area contributed by atoms with Gasteiger partial charge in [0.25, 0.3) is 0 Å². The fourth-order valence-corrected chi connectivity index (χ4v) is 3.84. The number of carbonyl (C=O) groups is 1. The van der Waals surface area contributed by atoms with Crippen LogP contribution >= 0.6 is 11.3 Å². The Morgan fingerprint density at radius 3 is 2.83 bits per heavy atom. The molecule has 0 radical (unpaired) electrons. The lowest BCUT2D eigenvalue weighted by atomic mass is 9.84. The van der Waals surface area contributed by atoms with Crippen molar-refractivity contribution in [3.05, 3.63) is 16.6 Å². The van der Waals surface area contributed by atoms with Crippen LogP contribution in [0.4, 0.5) is 4.79 Å². The van der Waals surface area contributed by atoms with Gasteiger partial charge < -0.3 is 15.4 Å². The number of ether oxygens (including phenoxy) is 1. The molecule has 3 unspecified atom stereocenters. The van der Waals surface area contributed by atoms with Crippen molar-refractivity contribution in [2.45, 2.75) is 70.9 Å². The van der Waals surface area contributed by atoms with Gasteiger partial charge in [-0.2, -0.15) is 0 Å². The first-order chi connectivity index (χ1) is 11.3. The molecular weight excluding hydrogens is 322 g/mol. The van der Waals surface area contributed by atoms with Crippen LogP contribution in [0.25, 0.3) is 0 Å². The summed E-state index contributed by atoms with van der Waals surface area (Å²) in [4.78, 5) is 16.3. The maximum absolute atomic E-state index is 11.9. The van der Waals surface area contributed by atoms with Gasteiger partial charge in [-0.25, -0.2) is 9.78 Å². The maximum Gasteiger partial charge on any atom is 0.407 e. The molecule has 0 bridgehead atoms. The molecule has 1 heterocycles. The fourth-order valence-electron chi connectivity index (χ4n) is 3.14. The van der Waals surface area contributed by atoms with Crippen LogP contribution in [0.5, 0.6) is 0 Å². The first-order valence-corrected chi connectivity index (χ1v) is 9.83. The monoisotopic (exact) mass is 353 g/mol. The summed E-state index contributed by atoms with van der Waals surface area (Å²) in [6, 6.07) is 0.455. The number of alkyl carbamates (subject to hydrolysis) is 1. The van der Waals surface area contributed by atoms with Crippen molar-refractivity contribution in [3.63, 3.8) is 0 Å². The van der Waals surface area contributed by atoms with Crippen LogP contribution in [0.3, 0.4) is 0 Å². The normalized spacial score (nSPS) is 22.8. The van der Waals surface area contributed by atoms with E-state index in [0.29, 0.717) is 24.4 Å². The van der Waals surface area contributed by atoms with E-state index in [2.05, 4.69) is 22.5 Å². The zero-order valence-electron chi connectivity index (χ0n) is 15.3. The van der Waals surface area contributed by atoms with Crippen LogP contribution in [0.2, 0.25) is 0 Å². The summed E-state index contributed by atoms with van der Waals surface area (Å²) in [5.41, 5.74) is -0.447. The molecule has 6 heteroatoms. The summed E-state index contributed by atoms with van der Waals surface area (Å²) in [6.45, 7) is 9.48. The van der Waals surface area contributed by atoms with Crippen molar-refractivity contribution in [2.24, 2.45) is 5.92 Å². The Morgan fingerprint density at radius 1 is 1.42 bits per heavy atom. The first-order valence-electron chi connectivity index (χ1n) is 8.95. The summed E-state index contributed by atoms with van der Waals surface area (Å²) in [5, 5.41) is 9.86.